The van der Waals surface area contributed by atoms with Crippen LogP contribution < -0.4 is 10.6 Å². The van der Waals surface area contributed by atoms with Gasteiger partial charge in [-0.05, 0) is 42.7 Å². The summed E-state index contributed by atoms with van der Waals surface area (Å²) in [7, 11) is 1.69. The standard InChI is InChI=1S/C24H22N5O/c1-30-18-8-6-17(7-9-18)24(10-11-24)22-21-15-26-12-13-29(21,25)23(28-22)20-14-16-4-2-3-5-19(16)27-20/h2-9,12-15,27H,10-11,25H2,1H3/q+1. The van der Waals surface area contributed by atoms with Gasteiger partial charge in [-0.3, -0.25) is 4.99 Å². The molecular formula is C24H22N5O+. The van der Waals surface area contributed by atoms with E-state index in [-0.39, 0.29) is 10.0 Å². The number of nitrogens with two attached hydrogens (primary N) is 1. The lowest BCUT2D eigenvalue weighted by Crippen LogP contribution is -2.53. The van der Waals surface area contributed by atoms with Crippen molar-refractivity contribution < 1.29 is 9.33 Å². The number of hydrogen-bond acceptors (Lipinski definition) is 4. The second-order valence-electron chi connectivity index (χ2n) is 8.10. The second kappa shape index (κ2) is 6.01. The zero-order chi connectivity index (χ0) is 20.3. The van der Waals surface area contributed by atoms with Crippen LogP contribution in [0.3, 0.4) is 0 Å². The molecule has 2 aromatic carbocycles. The van der Waals surface area contributed by atoms with Gasteiger partial charge in [0.1, 0.15) is 23.3 Å². The summed E-state index contributed by atoms with van der Waals surface area (Å²) in [5.74, 6) is 8.58. The van der Waals surface area contributed by atoms with Crippen molar-refractivity contribution in [2.45, 2.75) is 18.3 Å². The first-order valence-electron chi connectivity index (χ1n) is 10.1. The van der Waals surface area contributed by atoms with E-state index in [2.05, 4.69) is 40.3 Å². The van der Waals surface area contributed by atoms with Crippen molar-refractivity contribution in [2.24, 2.45) is 15.8 Å². The second-order valence-corrected chi connectivity index (χ2v) is 8.10. The highest BCUT2D eigenvalue weighted by Crippen LogP contribution is 2.57. The van der Waals surface area contributed by atoms with E-state index in [0.29, 0.717) is 0 Å². The molecule has 6 nitrogen and oxygen atoms in total. The van der Waals surface area contributed by atoms with Crippen LogP contribution in [0.1, 0.15) is 24.1 Å². The maximum absolute atomic E-state index is 6.93. The summed E-state index contributed by atoms with van der Waals surface area (Å²) >= 11 is 0. The topological polar surface area (TPSA) is 75.8 Å². The molecule has 3 N–H and O–H groups in total. The first-order valence-corrected chi connectivity index (χ1v) is 10.1. The molecule has 1 fully saturated rings. The Labute approximate surface area is 174 Å². The molecule has 30 heavy (non-hydrogen) atoms. The van der Waals surface area contributed by atoms with Gasteiger partial charge in [-0.1, -0.05) is 30.3 Å². The lowest BCUT2D eigenvalue weighted by Gasteiger charge is -2.26. The Balaban J connectivity index is 1.51. The van der Waals surface area contributed by atoms with E-state index in [1.54, 1.807) is 13.3 Å². The molecule has 1 unspecified atom stereocenters. The van der Waals surface area contributed by atoms with Crippen LogP contribution in [0.25, 0.3) is 10.9 Å². The van der Waals surface area contributed by atoms with E-state index in [0.717, 1.165) is 52.4 Å². The minimum atomic E-state index is -0.130. The fourth-order valence-electron chi connectivity index (χ4n) is 4.60. The number of allylic oxidation sites excluding steroid dienone is 2. The maximum Gasteiger partial charge on any atom is 0.281 e. The van der Waals surface area contributed by atoms with E-state index in [9.17, 15) is 0 Å². The molecular weight excluding hydrogens is 374 g/mol. The Kier molecular flexibility index (Phi) is 3.48. The molecule has 3 aromatic rings. The third-order valence-electron chi connectivity index (χ3n) is 6.41. The molecule has 1 aromatic heterocycles. The van der Waals surface area contributed by atoms with Gasteiger partial charge in [0.25, 0.3) is 5.84 Å². The van der Waals surface area contributed by atoms with Crippen molar-refractivity contribution in [3.63, 3.8) is 0 Å². The fourth-order valence-corrected chi connectivity index (χ4v) is 4.60. The zero-order valence-corrected chi connectivity index (χ0v) is 16.7. The SMILES string of the molecule is COc1ccc(C2(C3=C4C=NC=C[N+]4(N)C(c4cc5ccccc5[nH]4)=N3)CC2)cc1. The fraction of sp³-hybridized carbons (Fsp3) is 0.167. The van der Waals surface area contributed by atoms with Crippen LogP contribution in [0, 0.1) is 0 Å². The molecule has 3 aliphatic rings. The predicted octanol–water partition coefficient (Wildman–Crippen LogP) is 4.13. The Morgan fingerprint density at radius 3 is 2.63 bits per heavy atom. The minimum absolute atomic E-state index is 0.0313. The Morgan fingerprint density at radius 2 is 1.90 bits per heavy atom. The molecule has 0 spiro atoms. The Bertz CT molecular complexity index is 1260. The molecule has 3 heterocycles. The molecule has 0 bridgehead atoms. The van der Waals surface area contributed by atoms with Crippen molar-refractivity contribution in [3.05, 3.63) is 89.6 Å². The van der Waals surface area contributed by atoms with Crippen molar-refractivity contribution in [2.75, 3.05) is 7.11 Å². The van der Waals surface area contributed by atoms with Gasteiger partial charge >= 0.3 is 0 Å². The molecule has 6 rings (SSSR count). The summed E-state index contributed by atoms with van der Waals surface area (Å²) < 4.78 is 5.37. The number of aromatic nitrogens is 1. The van der Waals surface area contributed by atoms with Crippen LogP contribution in [0.2, 0.25) is 0 Å². The highest BCUT2D eigenvalue weighted by atomic mass is 16.5. The van der Waals surface area contributed by atoms with E-state index >= 15 is 0 Å². The number of nitrogens with one attached hydrogen (secondary N) is 1. The predicted molar refractivity (Wildman–Crippen MR) is 118 cm³/mol. The number of H-pyrrole nitrogens is 1. The number of fused-ring (bicyclic) bond motifs is 2. The summed E-state index contributed by atoms with van der Waals surface area (Å²) in [6.07, 6.45) is 7.59. The zero-order valence-electron chi connectivity index (χ0n) is 16.7. The van der Waals surface area contributed by atoms with E-state index in [1.807, 2.05) is 36.7 Å². The van der Waals surface area contributed by atoms with Crippen LogP contribution in [0.5, 0.6) is 5.75 Å². The summed E-state index contributed by atoms with van der Waals surface area (Å²) in [5.41, 5.74) is 5.05. The monoisotopic (exact) mass is 396 g/mol. The van der Waals surface area contributed by atoms with Gasteiger partial charge in [0.05, 0.1) is 19.5 Å². The average molecular weight is 396 g/mol. The van der Waals surface area contributed by atoms with E-state index in [4.69, 9.17) is 15.6 Å². The lowest BCUT2D eigenvalue weighted by molar-refractivity contribution is -0.750. The molecule has 0 amide bonds. The highest BCUT2D eigenvalue weighted by molar-refractivity contribution is 6.02. The molecule has 0 radical (unpaired) electrons. The van der Waals surface area contributed by atoms with Crippen LogP contribution in [0.15, 0.2) is 88.4 Å². The first kappa shape index (κ1) is 17.4. The largest absolute Gasteiger partial charge is 0.497 e. The summed E-state index contributed by atoms with van der Waals surface area (Å²) in [6, 6.07) is 18.6. The van der Waals surface area contributed by atoms with Crippen LogP contribution in [0.4, 0.5) is 0 Å². The molecule has 148 valence electrons. The third-order valence-corrected chi connectivity index (χ3v) is 6.41. The number of hydrogen-bond donors (Lipinski definition) is 2. The lowest BCUT2D eigenvalue weighted by atomic mass is 9.91. The molecule has 6 heteroatoms. The number of para-hydroxylation sites is 1. The first-order chi connectivity index (χ1) is 14.6. The minimum Gasteiger partial charge on any atom is -0.497 e. The Hall–Kier alpha value is -3.48. The van der Waals surface area contributed by atoms with Gasteiger partial charge in [-0.15, -0.1) is 4.59 Å². The van der Waals surface area contributed by atoms with Gasteiger partial charge in [-0.2, -0.15) is 10.8 Å². The number of quaternary nitrogens is 1. The number of rotatable bonds is 4. The van der Waals surface area contributed by atoms with Crippen molar-refractivity contribution in [1.29, 1.82) is 0 Å². The van der Waals surface area contributed by atoms with Gasteiger partial charge in [0.15, 0.2) is 0 Å². The van der Waals surface area contributed by atoms with E-state index in [1.165, 1.54) is 5.56 Å². The van der Waals surface area contributed by atoms with E-state index < -0.39 is 0 Å². The maximum atomic E-state index is 6.93. The van der Waals surface area contributed by atoms with Gasteiger partial charge in [-0.25, -0.2) is 0 Å². The van der Waals surface area contributed by atoms with Gasteiger partial charge in [0, 0.05) is 16.3 Å². The van der Waals surface area contributed by atoms with Crippen LogP contribution in [-0.2, 0) is 5.41 Å². The van der Waals surface area contributed by atoms with Crippen LogP contribution in [-0.4, -0.2) is 28.7 Å². The van der Waals surface area contributed by atoms with Gasteiger partial charge in [0.2, 0.25) is 5.70 Å². The molecule has 1 aliphatic carbocycles. The van der Waals surface area contributed by atoms with Gasteiger partial charge < -0.3 is 9.72 Å². The molecule has 1 atom stereocenters. The Morgan fingerprint density at radius 1 is 1.10 bits per heavy atom. The molecule has 1 saturated carbocycles. The number of benzene rings is 2. The highest BCUT2D eigenvalue weighted by Gasteiger charge is 2.57. The van der Waals surface area contributed by atoms with Crippen molar-refractivity contribution >= 4 is 23.0 Å². The number of amidine groups is 1. The number of nitrogens with zero attached hydrogens (tertiary/aromatic N) is 3. The third kappa shape index (κ3) is 2.32. The number of methoxy groups -OCH3 is 1. The number of ether oxygens (including phenoxy) is 1. The van der Waals surface area contributed by atoms with Crippen molar-refractivity contribution in [3.8, 4) is 5.75 Å². The molecule has 0 saturated heterocycles. The summed E-state index contributed by atoms with van der Waals surface area (Å²) in [5, 5.41) is 1.14. The number of aliphatic imine (C=N–C) groups is 2. The summed E-state index contributed by atoms with van der Waals surface area (Å²) in [6.45, 7) is 0. The average Bonchev–Trinajstić information content (AvgIpc) is 3.36. The quantitative estimate of drug-likeness (QED) is 0.514. The summed E-state index contributed by atoms with van der Waals surface area (Å²) in [4.78, 5) is 13.0. The smallest absolute Gasteiger partial charge is 0.281 e. The molecule has 2 aliphatic heterocycles. The normalized spacial score (nSPS) is 23.6. The van der Waals surface area contributed by atoms with Crippen LogP contribution >= 0.6 is 0 Å². The number of aromatic amines is 1. The van der Waals surface area contributed by atoms with Crippen molar-refractivity contribution in [1.82, 2.24) is 4.98 Å².